The summed E-state index contributed by atoms with van der Waals surface area (Å²) in [6, 6.07) is 20.4. The standard InChI is InChI=1S/C23H23ClN2O4S/c1-25(31(28,29)23-13-16(24)11-12-22(23)30-2)14-17(27)15-26-20-9-5-3-7-18(20)19-8-4-6-10-21(19)26/h3-13,17,27H,14-15H2,1-2H3/t17-/m1/s1. The number of methoxy groups -OCH3 is 1. The van der Waals surface area contributed by atoms with E-state index in [0.717, 1.165) is 26.1 Å². The van der Waals surface area contributed by atoms with Gasteiger partial charge in [0, 0.05) is 40.4 Å². The number of hydrogen-bond acceptors (Lipinski definition) is 4. The summed E-state index contributed by atoms with van der Waals surface area (Å²) in [6.07, 6.45) is -0.927. The van der Waals surface area contributed by atoms with Crippen molar-refractivity contribution in [2.24, 2.45) is 0 Å². The van der Waals surface area contributed by atoms with Gasteiger partial charge in [0.25, 0.3) is 0 Å². The normalized spacial score (nSPS) is 13.2. The summed E-state index contributed by atoms with van der Waals surface area (Å²) in [5.74, 6) is 0.202. The van der Waals surface area contributed by atoms with Crippen LogP contribution in [0.15, 0.2) is 71.6 Å². The van der Waals surface area contributed by atoms with Gasteiger partial charge in [0.1, 0.15) is 10.6 Å². The van der Waals surface area contributed by atoms with Crippen molar-refractivity contribution in [3.05, 3.63) is 71.8 Å². The molecule has 8 heteroatoms. The molecule has 1 aromatic heterocycles. The van der Waals surface area contributed by atoms with E-state index in [1.165, 1.54) is 26.3 Å². The predicted octanol–water partition coefficient (Wildman–Crippen LogP) is 4.14. The molecule has 31 heavy (non-hydrogen) atoms. The Hall–Kier alpha value is -2.58. The van der Waals surface area contributed by atoms with E-state index < -0.39 is 16.1 Å². The molecule has 0 aliphatic heterocycles. The van der Waals surface area contributed by atoms with Gasteiger partial charge in [0.2, 0.25) is 10.0 Å². The van der Waals surface area contributed by atoms with Crippen LogP contribution in [0.4, 0.5) is 0 Å². The Morgan fingerprint density at radius 3 is 2.19 bits per heavy atom. The van der Waals surface area contributed by atoms with Crippen LogP contribution in [-0.4, -0.2) is 49.2 Å². The van der Waals surface area contributed by atoms with E-state index in [4.69, 9.17) is 16.3 Å². The van der Waals surface area contributed by atoms with Gasteiger partial charge in [-0.2, -0.15) is 4.31 Å². The molecular weight excluding hydrogens is 436 g/mol. The molecule has 4 aromatic rings. The molecule has 0 amide bonds. The van der Waals surface area contributed by atoms with Gasteiger partial charge in [-0.3, -0.25) is 0 Å². The van der Waals surface area contributed by atoms with Crippen LogP contribution in [0.2, 0.25) is 5.02 Å². The third kappa shape index (κ3) is 4.02. The number of ether oxygens (including phenoxy) is 1. The third-order valence-electron chi connectivity index (χ3n) is 5.35. The SMILES string of the molecule is COc1ccc(Cl)cc1S(=O)(=O)N(C)C[C@@H](O)Cn1c2ccccc2c2ccccc21. The summed E-state index contributed by atoms with van der Waals surface area (Å²) in [4.78, 5) is -0.0333. The van der Waals surface area contributed by atoms with Crippen LogP contribution in [0.25, 0.3) is 21.8 Å². The van der Waals surface area contributed by atoms with Gasteiger partial charge in [0.05, 0.1) is 19.8 Å². The summed E-state index contributed by atoms with van der Waals surface area (Å²) in [5.41, 5.74) is 1.98. The molecular formula is C23H23ClN2O4S. The van der Waals surface area contributed by atoms with Gasteiger partial charge in [-0.1, -0.05) is 48.0 Å². The lowest BCUT2D eigenvalue weighted by molar-refractivity contribution is 0.136. The minimum atomic E-state index is -3.91. The van der Waals surface area contributed by atoms with Crippen molar-refractivity contribution in [1.29, 1.82) is 0 Å². The van der Waals surface area contributed by atoms with Gasteiger partial charge in [-0.25, -0.2) is 8.42 Å². The first-order chi connectivity index (χ1) is 14.8. The Kier molecular flexibility index (Phi) is 5.94. The number of sulfonamides is 1. The topological polar surface area (TPSA) is 71.8 Å². The van der Waals surface area contributed by atoms with Crippen molar-refractivity contribution in [1.82, 2.24) is 8.87 Å². The first kappa shape index (κ1) is 21.6. The second kappa shape index (κ2) is 8.51. The summed E-state index contributed by atoms with van der Waals surface area (Å²) < 4.78 is 34.5. The summed E-state index contributed by atoms with van der Waals surface area (Å²) in [7, 11) is -1.07. The Bertz CT molecular complexity index is 1300. The highest BCUT2D eigenvalue weighted by Crippen LogP contribution is 2.31. The maximum atomic E-state index is 13.1. The maximum absolute atomic E-state index is 13.1. The highest BCUT2D eigenvalue weighted by atomic mass is 35.5. The molecule has 1 atom stereocenters. The van der Waals surface area contributed by atoms with Crippen LogP contribution < -0.4 is 4.74 Å². The number of aliphatic hydroxyl groups excluding tert-OH is 1. The second-order valence-corrected chi connectivity index (χ2v) is 9.83. The minimum absolute atomic E-state index is 0.0333. The molecule has 0 unspecified atom stereocenters. The Balaban J connectivity index is 1.62. The number of rotatable bonds is 7. The number of fused-ring (bicyclic) bond motifs is 3. The molecule has 1 heterocycles. The van der Waals surface area contributed by atoms with Gasteiger partial charge >= 0.3 is 0 Å². The molecule has 0 fully saturated rings. The lowest BCUT2D eigenvalue weighted by atomic mass is 10.2. The van der Waals surface area contributed by atoms with Crippen molar-refractivity contribution in [3.8, 4) is 5.75 Å². The van der Waals surface area contributed by atoms with Gasteiger partial charge < -0.3 is 14.4 Å². The Morgan fingerprint density at radius 1 is 1.03 bits per heavy atom. The molecule has 0 radical (unpaired) electrons. The zero-order valence-electron chi connectivity index (χ0n) is 17.2. The van der Waals surface area contributed by atoms with Crippen LogP contribution in [-0.2, 0) is 16.6 Å². The molecule has 0 saturated heterocycles. The van der Waals surface area contributed by atoms with E-state index in [1.54, 1.807) is 6.07 Å². The third-order valence-corrected chi connectivity index (χ3v) is 7.43. The molecule has 0 aliphatic rings. The first-order valence-electron chi connectivity index (χ1n) is 9.77. The number of nitrogens with zero attached hydrogens (tertiary/aromatic N) is 2. The average molecular weight is 459 g/mol. The molecule has 6 nitrogen and oxygen atoms in total. The molecule has 3 aromatic carbocycles. The van der Waals surface area contributed by atoms with Crippen LogP contribution in [0.1, 0.15) is 0 Å². The fraction of sp³-hybridized carbons (Fsp3) is 0.217. The summed E-state index contributed by atoms with van der Waals surface area (Å²) >= 11 is 6.00. The van der Waals surface area contributed by atoms with Gasteiger partial charge in [-0.15, -0.1) is 0 Å². The molecule has 0 saturated carbocycles. The van der Waals surface area contributed by atoms with Crippen LogP contribution in [0, 0.1) is 0 Å². The monoisotopic (exact) mass is 458 g/mol. The lowest BCUT2D eigenvalue weighted by Crippen LogP contribution is -2.36. The molecule has 1 N–H and O–H groups in total. The van der Waals surface area contributed by atoms with Crippen molar-refractivity contribution < 1.29 is 18.3 Å². The van der Waals surface area contributed by atoms with E-state index in [9.17, 15) is 13.5 Å². The number of hydrogen-bond donors (Lipinski definition) is 1. The van der Waals surface area contributed by atoms with E-state index in [2.05, 4.69) is 0 Å². The van der Waals surface area contributed by atoms with E-state index in [1.807, 2.05) is 53.1 Å². The fourth-order valence-electron chi connectivity index (χ4n) is 3.88. The average Bonchev–Trinajstić information content (AvgIpc) is 3.07. The number of aromatic nitrogens is 1. The predicted molar refractivity (Wildman–Crippen MR) is 123 cm³/mol. The second-order valence-electron chi connectivity index (χ2n) is 7.38. The number of likely N-dealkylation sites (N-methyl/N-ethyl adjacent to an activating group) is 1. The van der Waals surface area contributed by atoms with Crippen molar-refractivity contribution in [3.63, 3.8) is 0 Å². The number of para-hydroxylation sites is 2. The van der Waals surface area contributed by atoms with Crippen molar-refractivity contribution in [2.75, 3.05) is 20.7 Å². The Morgan fingerprint density at radius 2 is 1.61 bits per heavy atom. The lowest BCUT2D eigenvalue weighted by Gasteiger charge is -2.22. The first-order valence-corrected chi connectivity index (χ1v) is 11.6. The molecule has 162 valence electrons. The number of halogens is 1. The highest BCUT2D eigenvalue weighted by molar-refractivity contribution is 7.89. The van der Waals surface area contributed by atoms with Gasteiger partial charge in [0.15, 0.2) is 0 Å². The summed E-state index contributed by atoms with van der Waals surface area (Å²) in [5, 5.41) is 13.3. The smallest absolute Gasteiger partial charge is 0.246 e. The molecule has 0 spiro atoms. The fourth-order valence-corrected chi connectivity index (χ4v) is 5.51. The Labute approximate surface area is 186 Å². The van der Waals surface area contributed by atoms with Crippen molar-refractivity contribution >= 4 is 43.4 Å². The molecule has 0 aliphatic carbocycles. The van der Waals surface area contributed by atoms with Crippen LogP contribution in [0.3, 0.4) is 0 Å². The van der Waals surface area contributed by atoms with E-state index >= 15 is 0 Å². The van der Waals surface area contributed by atoms with Crippen molar-refractivity contribution in [2.45, 2.75) is 17.5 Å². The molecule has 4 rings (SSSR count). The van der Waals surface area contributed by atoms with Crippen LogP contribution in [0.5, 0.6) is 5.75 Å². The molecule has 0 bridgehead atoms. The largest absolute Gasteiger partial charge is 0.495 e. The minimum Gasteiger partial charge on any atom is -0.495 e. The number of aliphatic hydroxyl groups is 1. The quantitative estimate of drug-likeness (QED) is 0.452. The van der Waals surface area contributed by atoms with Crippen LogP contribution >= 0.6 is 11.6 Å². The number of benzene rings is 3. The zero-order valence-corrected chi connectivity index (χ0v) is 18.8. The summed E-state index contributed by atoms with van der Waals surface area (Å²) in [6.45, 7) is 0.166. The van der Waals surface area contributed by atoms with E-state index in [-0.39, 0.29) is 23.7 Å². The highest BCUT2D eigenvalue weighted by Gasteiger charge is 2.27. The van der Waals surface area contributed by atoms with E-state index in [0.29, 0.717) is 5.02 Å². The van der Waals surface area contributed by atoms with Gasteiger partial charge in [-0.05, 0) is 30.3 Å². The zero-order chi connectivity index (χ0) is 22.2. The maximum Gasteiger partial charge on any atom is 0.246 e.